The minimum absolute atomic E-state index is 0.0246. The first-order valence-corrected chi connectivity index (χ1v) is 8.98. The fourth-order valence-electron chi connectivity index (χ4n) is 2.73. The summed E-state index contributed by atoms with van der Waals surface area (Å²) in [5, 5.41) is 11.6. The van der Waals surface area contributed by atoms with E-state index < -0.39 is 0 Å². The average molecular weight is 316 g/mol. The third kappa shape index (κ3) is 3.32. The van der Waals surface area contributed by atoms with Crippen LogP contribution >= 0.6 is 11.8 Å². The van der Waals surface area contributed by atoms with Crippen LogP contribution < -0.4 is 5.32 Å². The van der Waals surface area contributed by atoms with Crippen molar-refractivity contribution in [2.45, 2.75) is 32.2 Å². The van der Waals surface area contributed by atoms with Gasteiger partial charge in [0, 0.05) is 24.2 Å². The predicted molar refractivity (Wildman–Crippen MR) is 90.0 cm³/mol. The first-order chi connectivity index (χ1) is 10.8. The maximum Gasteiger partial charge on any atom is 0.234 e. The summed E-state index contributed by atoms with van der Waals surface area (Å²) < 4.78 is 2.23. The van der Waals surface area contributed by atoms with Crippen LogP contribution in [-0.2, 0) is 17.8 Å². The van der Waals surface area contributed by atoms with E-state index in [1.165, 1.54) is 31.0 Å². The number of anilines is 1. The zero-order chi connectivity index (χ0) is 15.4. The molecule has 0 saturated heterocycles. The van der Waals surface area contributed by atoms with Crippen molar-refractivity contribution in [3.8, 4) is 11.4 Å². The number of thioether (sulfide) groups is 1. The summed E-state index contributed by atoms with van der Waals surface area (Å²) in [6.07, 6.45) is 6.55. The van der Waals surface area contributed by atoms with Crippen LogP contribution in [0.5, 0.6) is 0 Å². The van der Waals surface area contributed by atoms with E-state index in [1.54, 1.807) is 0 Å². The lowest BCUT2D eigenvalue weighted by atomic mass is 10.2. The van der Waals surface area contributed by atoms with Crippen molar-refractivity contribution in [1.82, 2.24) is 14.8 Å². The highest BCUT2D eigenvalue weighted by molar-refractivity contribution is 7.99. The van der Waals surface area contributed by atoms with Gasteiger partial charge >= 0.3 is 0 Å². The van der Waals surface area contributed by atoms with E-state index in [9.17, 15) is 4.79 Å². The van der Waals surface area contributed by atoms with Crippen molar-refractivity contribution in [2.75, 3.05) is 17.3 Å². The minimum Gasteiger partial charge on any atom is -0.325 e. The van der Waals surface area contributed by atoms with Crippen molar-refractivity contribution >= 4 is 23.4 Å². The smallest absolute Gasteiger partial charge is 0.234 e. The monoisotopic (exact) mass is 316 g/mol. The molecule has 0 spiro atoms. The third-order valence-electron chi connectivity index (χ3n) is 3.81. The second kappa shape index (κ2) is 6.96. The second-order valence-electron chi connectivity index (χ2n) is 5.46. The van der Waals surface area contributed by atoms with Gasteiger partial charge in [-0.15, -0.1) is 10.2 Å². The Labute approximate surface area is 134 Å². The molecule has 116 valence electrons. The Morgan fingerprint density at radius 3 is 2.82 bits per heavy atom. The van der Waals surface area contributed by atoms with Gasteiger partial charge in [0.05, 0.1) is 5.75 Å². The Morgan fingerprint density at radius 1 is 1.23 bits per heavy atom. The normalized spacial score (nSPS) is 14.2. The van der Waals surface area contributed by atoms with E-state index in [2.05, 4.69) is 20.1 Å². The fourth-order valence-corrected chi connectivity index (χ4v) is 3.06. The second-order valence-corrected chi connectivity index (χ2v) is 6.33. The molecular formula is C16H20N4OS. The molecule has 2 aromatic rings. The number of benzene rings is 1. The van der Waals surface area contributed by atoms with Gasteiger partial charge in [-0.05, 0) is 43.4 Å². The molecule has 0 radical (unpaired) electrons. The summed E-state index contributed by atoms with van der Waals surface area (Å²) in [5.74, 6) is 2.51. The van der Waals surface area contributed by atoms with Gasteiger partial charge in [-0.25, -0.2) is 0 Å². The largest absolute Gasteiger partial charge is 0.325 e. The Bertz CT molecular complexity index is 651. The summed E-state index contributed by atoms with van der Waals surface area (Å²) in [4.78, 5) is 11.6. The molecule has 0 unspecified atom stereocenters. The first kappa shape index (κ1) is 15.1. The molecule has 1 aliphatic rings. The van der Waals surface area contributed by atoms with Crippen LogP contribution in [-0.4, -0.2) is 32.7 Å². The van der Waals surface area contributed by atoms with Gasteiger partial charge in [-0.2, -0.15) is 11.8 Å². The third-order valence-corrected chi connectivity index (χ3v) is 4.36. The lowest BCUT2D eigenvalue weighted by Gasteiger charge is -2.08. The number of nitrogens with zero attached hydrogens (tertiary/aromatic N) is 3. The molecule has 3 rings (SSSR count). The molecule has 1 aromatic heterocycles. The predicted octanol–water partition coefficient (Wildman–Crippen LogP) is 2.97. The highest BCUT2D eigenvalue weighted by Crippen LogP contribution is 2.24. The number of carbonyl (C=O) groups excluding carboxylic acids is 1. The molecule has 0 aliphatic carbocycles. The van der Waals surface area contributed by atoms with Crippen LogP contribution in [0.1, 0.15) is 25.1 Å². The topological polar surface area (TPSA) is 59.8 Å². The van der Waals surface area contributed by atoms with Gasteiger partial charge in [0.2, 0.25) is 5.91 Å². The minimum atomic E-state index is 0.0246. The molecule has 1 aromatic carbocycles. The average Bonchev–Trinajstić information content (AvgIpc) is 2.77. The number of amides is 1. The summed E-state index contributed by atoms with van der Waals surface area (Å²) in [7, 11) is 0. The molecule has 1 amide bonds. The Balaban J connectivity index is 1.78. The number of aryl methyl sites for hydroxylation is 1. The van der Waals surface area contributed by atoms with Gasteiger partial charge in [0.1, 0.15) is 5.82 Å². The number of fused-ring (bicyclic) bond motifs is 1. The molecule has 5 nitrogen and oxygen atoms in total. The molecule has 1 aliphatic heterocycles. The molecule has 6 heteroatoms. The van der Waals surface area contributed by atoms with E-state index in [4.69, 9.17) is 0 Å². The van der Waals surface area contributed by atoms with Crippen molar-refractivity contribution < 1.29 is 4.79 Å². The van der Waals surface area contributed by atoms with Crippen LogP contribution in [0.25, 0.3) is 11.4 Å². The van der Waals surface area contributed by atoms with Crippen molar-refractivity contribution in [1.29, 1.82) is 0 Å². The van der Waals surface area contributed by atoms with Crippen LogP contribution in [0.15, 0.2) is 24.3 Å². The summed E-state index contributed by atoms with van der Waals surface area (Å²) >= 11 is 1.51. The Hall–Kier alpha value is -1.82. The molecule has 22 heavy (non-hydrogen) atoms. The molecule has 1 N–H and O–H groups in total. The van der Waals surface area contributed by atoms with Crippen molar-refractivity contribution in [3.05, 3.63) is 30.1 Å². The summed E-state index contributed by atoms with van der Waals surface area (Å²) in [6, 6.07) is 7.84. The van der Waals surface area contributed by atoms with Crippen molar-refractivity contribution in [2.24, 2.45) is 0 Å². The molecule has 0 bridgehead atoms. The van der Waals surface area contributed by atoms with E-state index >= 15 is 0 Å². The number of hydrogen-bond donors (Lipinski definition) is 1. The zero-order valence-electron chi connectivity index (χ0n) is 12.7. The fraction of sp³-hybridized carbons (Fsp3) is 0.438. The van der Waals surface area contributed by atoms with Crippen molar-refractivity contribution in [3.63, 3.8) is 0 Å². The number of aromatic nitrogens is 3. The quantitative estimate of drug-likeness (QED) is 0.942. The van der Waals surface area contributed by atoms with E-state index in [0.29, 0.717) is 5.75 Å². The Morgan fingerprint density at radius 2 is 2.05 bits per heavy atom. The number of rotatable bonds is 4. The number of hydrogen-bond acceptors (Lipinski definition) is 4. The molecule has 2 heterocycles. The van der Waals surface area contributed by atoms with E-state index in [-0.39, 0.29) is 5.91 Å². The zero-order valence-corrected chi connectivity index (χ0v) is 13.5. The summed E-state index contributed by atoms with van der Waals surface area (Å²) in [5.41, 5.74) is 1.86. The molecular weight excluding hydrogens is 296 g/mol. The van der Waals surface area contributed by atoms with Gasteiger partial charge in [0.15, 0.2) is 5.82 Å². The number of carbonyl (C=O) groups is 1. The van der Waals surface area contributed by atoms with Crippen LogP contribution in [0.3, 0.4) is 0 Å². The van der Waals surface area contributed by atoms with Crippen LogP contribution in [0.4, 0.5) is 5.69 Å². The SMILES string of the molecule is CSCC(=O)Nc1ccc(-c2nnc3n2CCCCC3)cc1. The highest BCUT2D eigenvalue weighted by atomic mass is 32.2. The first-order valence-electron chi connectivity index (χ1n) is 7.59. The van der Waals surface area contributed by atoms with Gasteiger partial charge in [-0.1, -0.05) is 6.42 Å². The lowest BCUT2D eigenvalue weighted by Crippen LogP contribution is -2.13. The molecule has 0 fully saturated rings. The van der Waals surface area contributed by atoms with E-state index in [1.807, 2.05) is 30.5 Å². The molecule has 0 atom stereocenters. The summed E-state index contributed by atoms with van der Waals surface area (Å²) in [6.45, 7) is 0.990. The molecule has 0 saturated carbocycles. The highest BCUT2D eigenvalue weighted by Gasteiger charge is 2.15. The van der Waals surface area contributed by atoms with Gasteiger partial charge in [0.25, 0.3) is 0 Å². The Kier molecular flexibility index (Phi) is 4.77. The van der Waals surface area contributed by atoms with Crippen LogP contribution in [0, 0.1) is 0 Å². The maximum atomic E-state index is 11.6. The van der Waals surface area contributed by atoms with Gasteiger partial charge < -0.3 is 9.88 Å². The standard InChI is InChI=1S/C16H20N4OS/c1-22-11-15(21)17-13-8-6-12(7-9-13)16-19-18-14-5-3-2-4-10-20(14)16/h6-9H,2-5,10-11H2,1H3,(H,17,21). The number of nitrogens with one attached hydrogen (secondary N) is 1. The lowest BCUT2D eigenvalue weighted by molar-refractivity contribution is -0.113. The maximum absolute atomic E-state index is 11.6. The van der Waals surface area contributed by atoms with Gasteiger partial charge in [-0.3, -0.25) is 4.79 Å². The van der Waals surface area contributed by atoms with E-state index in [0.717, 1.165) is 35.9 Å². The van der Waals surface area contributed by atoms with Crippen LogP contribution in [0.2, 0.25) is 0 Å².